The van der Waals surface area contributed by atoms with Crippen LogP contribution in [0.5, 0.6) is 5.75 Å². The largest absolute Gasteiger partial charge is 0.497 e. The molecule has 7 heteroatoms. The van der Waals surface area contributed by atoms with Gasteiger partial charge in [0.05, 0.1) is 18.4 Å². The smallest absolute Gasteiger partial charge is 0.252 e. The van der Waals surface area contributed by atoms with E-state index < -0.39 is 5.91 Å². The van der Waals surface area contributed by atoms with Gasteiger partial charge in [0, 0.05) is 24.5 Å². The number of methoxy groups -OCH3 is 1. The van der Waals surface area contributed by atoms with Crippen molar-refractivity contribution in [1.82, 2.24) is 10.3 Å². The van der Waals surface area contributed by atoms with Crippen molar-refractivity contribution in [2.75, 3.05) is 37.4 Å². The molecule has 0 radical (unpaired) electrons. The molecule has 0 saturated carbocycles. The van der Waals surface area contributed by atoms with E-state index in [0.717, 1.165) is 31.1 Å². The Labute approximate surface area is 153 Å². The van der Waals surface area contributed by atoms with Crippen molar-refractivity contribution in [1.29, 1.82) is 0 Å². The number of nitrogens with one attached hydrogen (secondary N) is 3. The zero-order valence-corrected chi connectivity index (χ0v) is 14.9. The van der Waals surface area contributed by atoms with Gasteiger partial charge in [-0.15, -0.1) is 0 Å². The van der Waals surface area contributed by atoms with E-state index in [-0.39, 0.29) is 0 Å². The normalized spacial score (nSPS) is 16.7. The molecule has 0 bridgehead atoms. The van der Waals surface area contributed by atoms with Gasteiger partial charge >= 0.3 is 0 Å². The number of piperidine rings is 1. The van der Waals surface area contributed by atoms with Crippen molar-refractivity contribution < 1.29 is 9.53 Å². The molecule has 26 heavy (non-hydrogen) atoms. The monoisotopic (exact) mass is 355 g/mol. The van der Waals surface area contributed by atoms with Gasteiger partial charge in [-0.3, -0.25) is 4.79 Å². The van der Waals surface area contributed by atoms with Crippen LogP contribution in [-0.4, -0.2) is 37.6 Å². The summed E-state index contributed by atoms with van der Waals surface area (Å²) < 4.78 is 5.16. The first kappa shape index (κ1) is 18.0. The third kappa shape index (κ3) is 4.64. The van der Waals surface area contributed by atoms with Crippen LogP contribution >= 0.6 is 0 Å². The second-order valence-electron chi connectivity index (χ2n) is 6.43. The lowest BCUT2D eigenvalue weighted by atomic mass is 9.99. The van der Waals surface area contributed by atoms with Crippen LogP contribution in [0.15, 0.2) is 36.5 Å². The molecule has 1 amide bonds. The summed E-state index contributed by atoms with van der Waals surface area (Å²) >= 11 is 0. The molecule has 1 saturated heterocycles. The summed E-state index contributed by atoms with van der Waals surface area (Å²) in [5, 5.41) is 9.99. The predicted octanol–water partition coefficient (Wildman–Crippen LogP) is 2.34. The Morgan fingerprint density at radius 3 is 2.85 bits per heavy atom. The van der Waals surface area contributed by atoms with Crippen molar-refractivity contribution >= 4 is 23.1 Å². The molecule has 1 aliphatic rings. The number of primary amides is 1. The van der Waals surface area contributed by atoms with Gasteiger partial charge in [0.1, 0.15) is 11.6 Å². The Morgan fingerprint density at radius 2 is 2.19 bits per heavy atom. The minimum absolute atomic E-state index is 0.397. The van der Waals surface area contributed by atoms with Crippen LogP contribution in [0.25, 0.3) is 0 Å². The number of aromatic nitrogens is 1. The number of nitrogens with two attached hydrogens (primary N) is 1. The average Bonchev–Trinajstić information content (AvgIpc) is 2.68. The van der Waals surface area contributed by atoms with Gasteiger partial charge in [-0.1, -0.05) is 0 Å². The van der Waals surface area contributed by atoms with Crippen molar-refractivity contribution in [3.8, 4) is 5.75 Å². The maximum atomic E-state index is 11.7. The highest BCUT2D eigenvalue weighted by molar-refractivity contribution is 5.98. The van der Waals surface area contributed by atoms with Crippen molar-refractivity contribution in [3.05, 3.63) is 42.1 Å². The number of carbonyl (C=O) groups excluding carboxylic acids is 1. The second kappa shape index (κ2) is 8.53. The summed E-state index contributed by atoms with van der Waals surface area (Å²) in [5.41, 5.74) is 7.47. The van der Waals surface area contributed by atoms with E-state index in [9.17, 15) is 4.79 Å². The molecule has 1 aromatic heterocycles. The van der Waals surface area contributed by atoms with E-state index >= 15 is 0 Å². The number of anilines is 3. The Kier molecular flexibility index (Phi) is 5.91. The number of carbonyl (C=O) groups is 1. The number of pyridine rings is 1. The minimum atomic E-state index is -0.488. The van der Waals surface area contributed by atoms with Gasteiger partial charge < -0.3 is 26.4 Å². The predicted molar refractivity (Wildman–Crippen MR) is 103 cm³/mol. The molecular formula is C19H25N5O2. The summed E-state index contributed by atoms with van der Waals surface area (Å²) in [7, 11) is 1.63. The molecule has 1 fully saturated rings. The molecule has 1 aromatic carbocycles. The zero-order valence-electron chi connectivity index (χ0n) is 14.9. The van der Waals surface area contributed by atoms with E-state index in [2.05, 4.69) is 20.9 Å². The molecule has 1 unspecified atom stereocenters. The molecule has 5 N–H and O–H groups in total. The van der Waals surface area contributed by atoms with E-state index in [1.54, 1.807) is 7.11 Å². The Balaban J connectivity index is 1.72. The SMILES string of the molecule is COc1ccc(Nc2cc(NCC3CCCNC3)c(C(N)=O)cn2)cc1. The molecule has 0 aliphatic carbocycles. The van der Waals surface area contributed by atoms with Crippen molar-refractivity contribution in [2.24, 2.45) is 11.7 Å². The first-order valence-electron chi connectivity index (χ1n) is 8.81. The molecule has 0 spiro atoms. The lowest BCUT2D eigenvalue weighted by Crippen LogP contribution is -2.33. The Hall–Kier alpha value is -2.80. The fourth-order valence-electron chi connectivity index (χ4n) is 3.04. The van der Waals surface area contributed by atoms with Crippen molar-refractivity contribution in [3.63, 3.8) is 0 Å². The third-order valence-electron chi connectivity index (χ3n) is 4.51. The molecule has 1 aliphatic heterocycles. The molecule has 2 heterocycles. The van der Waals surface area contributed by atoms with E-state index in [0.29, 0.717) is 23.0 Å². The minimum Gasteiger partial charge on any atom is -0.497 e. The topological polar surface area (TPSA) is 101 Å². The first-order chi connectivity index (χ1) is 12.7. The maximum Gasteiger partial charge on any atom is 0.252 e. The van der Waals surface area contributed by atoms with Gasteiger partial charge in [-0.05, 0) is 56.1 Å². The third-order valence-corrected chi connectivity index (χ3v) is 4.51. The summed E-state index contributed by atoms with van der Waals surface area (Å²) in [4.78, 5) is 16.0. The van der Waals surface area contributed by atoms with Gasteiger partial charge in [0.25, 0.3) is 5.91 Å². The number of ether oxygens (including phenoxy) is 1. The van der Waals surface area contributed by atoms with Gasteiger partial charge in [-0.25, -0.2) is 4.98 Å². The maximum absolute atomic E-state index is 11.7. The van der Waals surface area contributed by atoms with Gasteiger partial charge in [-0.2, -0.15) is 0 Å². The molecule has 7 nitrogen and oxygen atoms in total. The summed E-state index contributed by atoms with van der Waals surface area (Å²) in [6.45, 7) is 2.86. The molecular weight excluding hydrogens is 330 g/mol. The summed E-state index contributed by atoms with van der Waals surface area (Å²) in [6, 6.07) is 9.37. The Bertz CT molecular complexity index is 742. The number of benzene rings is 1. The van der Waals surface area contributed by atoms with Gasteiger partial charge in [0.15, 0.2) is 0 Å². The second-order valence-corrected chi connectivity index (χ2v) is 6.43. The lowest BCUT2D eigenvalue weighted by molar-refractivity contribution is 0.100. The van der Waals surface area contributed by atoms with Crippen LogP contribution in [0, 0.1) is 5.92 Å². The quantitative estimate of drug-likeness (QED) is 0.608. The molecule has 2 aromatic rings. The van der Waals surface area contributed by atoms with Gasteiger partial charge in [0.2, 0.25) is 0 Å². The highest BCUT2D eigenvalue weighted by Crippen LogP contribution is 2.23. The van der Waals surface area contributed by atoms with E-state index in [1.165, 1.54) is 19.0 Å². The zero-order chi connectivity index (χ0) is 18.4. The van der Waals surface area contributed by atoms with Crippen LogP contribution in [0.4, 0.5) is 17.2 Å². The number of rotatable bonds is 7. The van der Waals surface area contributed by atoms with Crippen LogP contribution in [0.2, 0.25) is 0 Å². The van der Waals surface area contributed by atoms with Crippen LogP contribution < -0.4 is 26.4 Å². The fraction of sp³-hybridized carbons (Fsp3) is 0.368. The highest BCUT2D eigenvalue weighted by Gasteiger charge is 2.15. The average molecular weight is 355 g/mol. The molecule has 1 atom stereocenters. The summed E-state index contributed by atoms with van der Waals surface area (Å²) in [5.74, 6) is 1.48. The first-order valence-corrected chi connectivity index (χ1v) is 8.81. The number of amides is 1. The molecule has 3 rings (SSSR count). The van der Waals surface area contributed by atoms with Crippen LogP contribution in [0.1, 0.15) is 23.2 Å². The number of hydrogen-bond donors (Lipinski definition) is 4. The van der Waals surface area contributed by atoms with E-state index in [4.69, 9.17) is 10.5 Å². The fourth-order valence-corrected chi connectivity index (χ4v) is 3.04. The number of hydrogen-bond acceptors (Lipinski definition) is 6. The number of nitrogens with zero attached hydrogens (tertiary/aromatic N) is 1. The summed E-state index contributed by atoms with van der Waals surface area (Å²) in [6.07, 6.45) is 3.86. The Morgan fingerprint density at radius 1 is 1.38 bits per heavy atom. The van der Waals surface area contributed by atoms with Crippen molar-refractivity contribution in [2.45, 2.75) is 12.8 Å². The highest BCUT2D eigenvalue weighted by atomic mass is 16.5. The van der Waals surface area contributed by atoms with Crippen LogP contribution in [0.3, 0.4) is 0 Å². The van der Waals surface area contributed by atoms with E-state index in [1.807, 2.05) is 30.3 Å². The standard InChI is InChI=1S/C19H25N5O2/c1-26-15-6-4-14(5-7-15)24-18-9-17(16(12-23-18)19(20)25)22-11-13-3-2-8-21-10-13/h4-7,9,12-13,21H,2-3,8,10-11H2,1H3,(H2,20,25)(H2,22,23,24). The lowest BCUT2D eigenvalue weighted by Gasteiger charge is -2.24. The van der Waals surface area contributed by atoms with Crippen LogP contribution in [-0.2, 0) is 0 Å². The molecule has 138 valence electrons.